The number of halogens is 1. The number of benzene rings is 2. The SMILES string of the molecule is C[C@H](NC(=O)Cc1csc(Cc2cccc(Cl)c2)n1)c1ccccc1. The van der Waals surface area contributed by atoms with Crippen molar-refractivity contribution in [3.63, 3.8) is 0 Å². The molecule has 0 unspecified atom stereocenters. The van der Waals surface area contributed by atoms with Gasteiger partial charge in [0.1, 0.15) is 0 Å². The molecule has 0 aliphatic carbocycles. The van der Waals surface area contributed by atoms with E-state index in [1.165, 1.54) is 0 Å². The van der Waals surface area contributed by atoms with E-state index in [0.29, 0.717) is 6.42 Å². The summed E-state index contributed by atoms with van der Waals surface area (Å²) in [5.41, 5.74) is 3.02. The maximum Gasteiger partial charge on any atom is 0.226 e. The van der Waals surface area contributed by atoms with Crippen molar-refractivity contribution in [2.24, 2.45) is 0 Å². The molecule has 1 N–H and O–H groups in total. The van der Waals surface area contributed by atoms with Crippen molar-refractivity contribution in [3.8, 4) is 0 Å². The third kappa shape index (κ3) is 5.15. The largest absolute Gasteiger partial charge is 0.349 e. The van der Waals surface area contributed by atoms with Gasteiger partial charge in [0.15, 0.2) is 0 Å². The Hall–Kier alpha value is -2.17. The molecule has 128 valence electrons. The molecule has 25 heavy (non-hydrogen) atoms. The lowest BCUT2D eigenvalue weighted by Gasteiger charge is -2.13. The van der Waals surface area contributed by atoms with E-state index in [2.05, 4.69) is 10.3 Å². The fourth-order valence-corrected chi connectivity index (χ4v) is 3.66. The van der Waals surface area contributed by atoms with Crippen molar-refractivity contribution in [1.29, 1.82) is 0 Å². The number of amides is 1. The van der Waals surface area contributed by atoms with Gasteiger partial charge in [-0.3, -0.25) is 4.79 Å². The molecule has 2 aromatic carbocycles. The van der Waals surface area contributed by atoms with Crippen LogP contribution in [0.5, 0.6) is 0 Å². The summed E-state index contributed by atoms with van der Waals surface area (Å²) in [6.45, 7) is 1.98. The molecule has 1 amide bonds. The zero-order chi connectivity index (χ0) is 17.6. The molecule has 3 nitrogen and oxygen atoms in total. The molecule has 0 saturated carbocycles. The Morgan fingerprint density at radius 1 is 1.20 bits per heavy atom. The Morgan fingerprint density at radius 3 is 2.76 bits per heavy atom. The third-order valence-corrected chi connectivity index (χ3v) is 5.00. The minimum atomic E-state index is -0.0176. The van der Waals surface area contributed by atoms with Crippen molar-refractivity contribution >= 4 is 28.8 Å². The molecule has 1 heterocycles. The Balaban J connectivity index is 1.56. The van der Waals surface area contributed by atoms with Crippen molar-refractivity contribution in [2.75, 3.05) is 0 Å². The Morgan fingerprint density at radius 2 is 2.00 bits per heavy atom. The van der Waals surface area contributed by atoms with Gasteiger partial charge in [0.2, 0.25) is 5.91 Å². The second-order valence-corrected chi connectivity index (χ2v) is 7.30. The summed E-state index contributed by atoms with van der Waals surface area (Å²) in [4.78, 5) is 16.8. The van der Waals surface area contributed by atoms with Crippen molar-refractivity contribution in [1.82, 2.24) is 10.3 Å². The smallest absolute Gasteiger partial charge is 0.226 e. The van der Waals surface area contributed by atoms with Crippen LogP contribution in [0.1, 0.15) is 34.8 Å². The van der Waals surface area contributed by atoms with Gasteiger partial charge in [-0.2, -0.15) is 0 Å². The molecule has 0 fully saturated rings. The molecule has 5 heteroatoms. The highest BCUT2D eigenvalue weighted by Gasteiger charge is 2.12. The number of carbonyl (C=O) groups excluding carboxylic acids is 1. The predicted molar refractivity (Wildman–Crippen MR) is 103 cm³/mol. The van der Waals surface area contributed by atoms with Gasteiger partial charge in [0.05, 0.1) is 23.2 Å². The summed E-state index contributed by atoms with van der Waals surface area (Å²) in [5, 5.41) is 6.68. The topological polar surface area (TPSA) is 42.0 Å². The Labute approximate surface area is 156 Å². The number of thiazole rings is 1. The van der Waals surface area contributed by atoms with Gasteiger partial charge in [0, 0.05) is 16.8 Å². The number of carbonyl (C=O) groups is 1. The van der Waals surface area contributed by atoms with Crippen molar-refractivity contribution in [2.45, 2.75) is 25.8 Å². The van der Waals surface area contributed by atoms with Crippen LogP contribution in [0.2, 0.25) is 5.02 Å². The van der Waals surface area contributed by atoms with Crippen LogP contribution in [0.15, 0.2) is 60.0 Å². The molecule has 1 atom stereocenters. The van der Waals surface area contributed by atoms with Crippen LogP contribution in [0, 0.1) is 0 Å². The molecule has 0 aliphatic rings. The molecule has 3 aromatic rings. The van der Waals surface area contributed by atoms with Gasteiger partial charge in [0.25, 0.3) is 0 Å². The number of hydrogen-bond acceptors (Lipinski definition) is 3. The van der Waals surface area contributed by atoms with Gasteiger partial charge in [-0.25, -0.2) is 4.98 Å². The predicted octanol–water partition coefficient (Wildman–Crippen LogP) is 4.81. The molecule has 0 bridgehead atoms. The van der Waals surface area contributed by atoms with E-state index < -0.39 is 0 Å². The fraction of sp³-hybridized carbons (Fsp3) is 0.200. The standard InChI is InChI=1S/C20H19ClN2OS/c1-14(16-7-3-2-4-8-16)22-19(24)12-18-13-25-20(23-18)11-15-6-5-9-17(21)10-15/h2-10,13-14H,11-12H2,1H3,(H,22,24)/t14-/m0/s1. The van der Waals surface area contributed by atoms with Crippen LogP contribution in [-0.2, 0) is 17.6 Å². The third-order valence-electron chi connectivity index (χ3n) is 3.86. The summed E-state index contributed by atoms with van der Waals surface area (Å²) >= 11 is 7.59. The van der Waals surface area contributed by atoms with E-state index in [0.717, 1.165) is 33.3 Å². The van der Waals surface area contributed by atoms with Crippen LogP contribution in [0.25, 0.3) is 0 Å². The lowest BCUT2D eigenvalue weighted by Crippen LogP contribution is -2.28. The molecule has 0 saturated heterocycles. The molecule has 0 aliphatic heterocycles. The average Bonchev–Trinajstić information content (AvgIpc) is 3.02. The summed E-state index contributed by atoms with van der Waals surface area (Å²) in [7, 11) is 0. The number of aromatic nitrogens is 1. The average molecular weight is 371 g/mol. The summed E-state index contributed by atoms with van der Waals surface area (Å²) in [5.74, 6) is -0.0176. The molecule has 1 aromatic heterocycles. The number of nitrogens with one attached hydrogen (secondary N) is 1. The number of rotatable bonds is 6. The van der Waals surface area contributed by atoms with Crippen LogP contribution in [-0.4, -0.2) is 10.9 Å². The van der Waals surface area contributed by atoms with Gasteiger partial charge < -0.3 is 5.32 Å². The quantitative estimate of drug-likeness (QED) is 0.676. The Bertz CT molecular complexity index is 848. The normalized spacial score (nSPS) is 11.9. The second kappa shape index (κ2) is 8.28. The van der Waals surface area contributed by atoms with E-state index in [4.69, 9.17) is 11.6 Å². The highest BCUT2D eigenvalue weighted by Crippen LogP contribution is 2.18. The first-order valence-corrected chi connectivity index (χ1v) is 9.38. The van der Waals surface area contributed by atoms with Gasteiger partial charge in [-0.15, -0.1) is 11.3 Å². The maximum absolute atomic E-state index is 12.2. The van der Waals surface area contributed by atoms with Crippen LogP contribution >= 0.6 is 22.9 Å². The van der Waals surface area contributed by atoms with Gasteiger partial charge in [-0.1, -0.05) is 54.1 Å². The van der Waals surface area contributed by atoms with E-state index in [1.807, 2.05) is 66.9 Å². The first-order chi connectivity index (χ1) is 12.1. The van der Waals surface area contributed by atoms with Gasteiger partial charge >= 0.3 is 0 Å². The second-order valence-electron chi connectivity index (χ2n) is 5.92. The molecular formula is C20H19ClN2OS. The highest BCUT2D eigenvalue weighted by atomic mass is 35.5. The minimum Gasteiger partial charge on any atom is -0.349 e. The maximum atomic E-state index is 12.2. The van der Waals surface area contributed by atoms with E-state index in [-0.39, 0.29) is 11.9 Å². The minimum absolute atomic E-state index is 0.0155. The fourth-order valence-electron chi connectivity index (χ4n) is 2.61. The molecule has 0 spiro atoms. The van der Waals surface area contributed by atoms with Crippen LogP contribution < -0.4 is 5.32 Å². The van der Waals surface area contributed by atoms with Crippen molar-refractivity contribution in [3.05, 3.63) is 86.8 Å². The van der Waals surface area contributed by atoms with Gasteiger partial charge in [-0.05, 0) is 30.2 Å². The first kappa shape index (κ1) is 17.6. The van der Waals surface area contributed by atoms with E-state index >= 15 is 0 Å². The summed E-state index contributed by atoms with van der Waals surface area (Å²) < 4.78 is 0. The van der Waals surface area contributed by atoms with Crippen LogP contribution in [0.3, 0.4) is 0 Å². The molecule has 0 radical (unpaired) electrons. The highest BCUT2D eigenvalue weighted by molar-refractivity contribution is 7.09. The lowest BCUT2D eigenvalue weighted by molar-refractivity contribution is -0.121. The molecule has 3 rings (SSSR count). The first-order valence-electron chi connectivity index (χ1n) is 8.12. The summed E-state index contributed by atoms with van der Waals surface area (Å²) in [6, 6.07) is 17.7. The van der Waals surface area contributed by atoms with E-state index in [1.54, 1.807) is 11.3 Å². The molecular weight excluding hydrogens is 352 g/mol. The zero-order valence-electron chi connectivity index (χ0n) is 13.9. The van der Waals surface area contributed by atoms with Crippen LogP contribution in [0.4, 0.5) is 0 Å². The monoisotopic (exact) mass is 370 g/mol. The van der Waals surface area contributed by atoms with Crippen molar-refractivity contribution < 1.29 is 4.79 Å². The zero-order valence-corrected chi connectivity index (χ0v) is 15.5. The summed E-state index contributed by atoms with van der Waals surface area (Å²) in [6.07, 6.45) is 1.02. The van der Waals surface area contributed by atoms with E-state index in [9.17, 15) is 4.79 Å². The number of hydrogen-bond donors (Lipinski definition) is 1. The lowest BCUT2D eigenvalue weighted by atomic mass is 10.1. The Kier molecular flexibility index (Phi) is 5.84. The number of nitrogens with zero attached hydrogens (tertiary/aromatic N) is 1.